The first kappa shape index (κ1) is 17.5. The van der Waals surface area contributed by atoms with Crippen molar-refractivity contribution in [2.24, 2.45) is 0 Å². The van der Waals surface area contributed by atoms with Gasteiger partial charge in [-0.1, -0.05) is 41.4 Å². The molecule has 1 N–H and O–H groups in total. The number of para-hydroxylation sites is 1. The highest BCUT2D eigenvalue weighted by molar-refractivity contribution is 6.42. The van der Waals surface area contributed by atoms with Gasteiger partial charge in [-0.2, -0.15) is 0 Å². The standard InChI is InChI=1S/C18H15Cl2N3O2/c1-11(12-6-7-14(19)15(20)8-12)22-17(24)9-23-10-21-16-5-3-2-4-13(16)18(23)25/h2-8,10-11H,9H2,1H3,(H,22,24)/t11-/m0/s1. The molecule has 0 radical (unpaired) electrons. The number of benzene rings is 2. The molecule has 3 aromatic rings. The SMILES string of the molecule is C[C@H](NC(=O)Cn1cnc2ccccc2c1=O)c1ccc(Cl)c(Cl)c1. The van der Waals surface area contributed by atoms with E-state index in [0.717, 1.165) is 5.56 Å². The zero-order chi connectivity index (χ0) is 18.0. The van der Waals surface area contributed by atoms with Crippen LogP contribution in [0.5, 0.6) is 0 Å². The molecule has 7 heteroatoms. The van der Waals surface area contributed by atoms with Gasteiger partial charge in [0.25, 0.3) is 5.56 Å². The van der Waals surface area contributed by atoms with Gasteiger partial charge in [0.2, 0.25) is 5.91 Å². The summed E-state index contributed by atoms with van der Waals surface area (Å²) in [6.07, 6.45) is 1.38. The van der Waals surface area contributed by atoms with E-state index >= 15 is 0 Å². The van der Waals surface area contributed by atoms with Crippen LogP contribution in [0, 0.1) is 0 Å². The average Bonchev–Trinajstić information content (AvgIpc) is 2.60. The predicted molar refractivity (Wildman–Crippen MR) is 99.0 cm³/mol. The summed E-state index contributed by atoms with van der Waals surface area (Å²) in [6.45, 7) is 1.72. The Kier molecular flexibility index (Phi) is 5.06. The van der Waals surface area contributed by atoms with Crippen molar-refractivity contribution >= 4 is 40.0 Å². The Morgan fingerprint density at radius 2 is 1.96 bits per heavy atom. The molecule has 0 spiro atoms. The topological polar surface area (TPSA) is 64.0 Å². The lowest BCUT2D eigenvalue weighted by atomic mass is 10.1. The molecule has 1 atom stereocenters. The number of hydrogen-bond acceptors (Lipinski definition) is 3. The molecule has 128 valence electrons. The van der Waals surface area contributed by atoms with Crippen LogP contribution in [-0.2, 0) is 11.3 Å². The molecule has 0 aliphatic heterocycles. The van der Waals surface area contributed by atoms with Gasteiger partial charge in [0.1, 0.15) is 6.54 Å². The zero-order valence-electron chi connectivity index (χ0n) is 13.4. The Labute approximate surface area is 154 Å². The normalized spacial score (nSPS) is 12.1. The van der Waals surface area contributed by atoms with Crippen LogP contribution < -0.4 is 10.9 Å². The van der Waals surface area contributed by atoms with Gasteiger partial charge >= 0.3 is 0 Å². The minimum absolute atomic E-state index is 0.109. The Morgan fingerprint density at radius 3 is 2.72 bits per heavy atom. The van der Waals surface area contributed by atoms with Crippen molar-refractivity contribution in [2.45, 2.75) is 19.5 Å². The van der Waals surface area contributed by atoms with Crippen molar-refractivity contribution in [1.82, 2.24) is 14.9 Å². The van der Waals surface area contributed by atoms with Gasteiger partial charge in [0.15, 0.2) is 0 Å². The molecule has 0 aliphatic carbocycles. The lowest BCUT2D eigenvalue weighted by molar-refractivity contribution is -0.122. The van der Waals surface area contributed by atoms with Gasteiger partial charge in [-0.3, -0.25) is 14.2 Å². The zero-order valence-corrected chi connectivity index (χ0v) is 14.9. The minimum Gasteiger partial charge on any atom is -0.348 e. The summed E-state index contributed by atoms with van der Waals surface area (Å²) in [5, 5.41) is 4.20. The van der Waals surface area contributed by atoms with Crippen molar-refractivity contribution in [3.05, 3.63) is 74.8 Å². The molecule has 1 amide bonds. The number of rotatable bonds is 4. The first-order valence-corrected chi connectivity index (χ1v) is 8.40. The number of nitrogens with zero attached hydrogens (tertiary/aromatic N) is 2. The molecule has 0 aliphatic rings. The Hall–Kier alpha value is -2.37. The number of halogens is 2. The average molecular weight is 376 g/mol. The quantitative estimate of drug-likeness (QED) is 0.757. The highest BCUT2D eigenvalue weighted by atomic mass is 35.5. The maximum absolute atomic E-state index is 12.4. The van der Waals surface area contributed by atoms with Crippen molar-refractivity contribution in [1.29, 1.82) is 0 Å². The van der Waals surface area contributed by atoms with E-state index < -0.39 is 0 Å². The molecule has 0 saturated heterocycles. The first-order chi connectivity index (χ1) is 12.0. The van der Waals surface area contributed by atoms with E-state index in [4.69, 9.17) is 23.2 Å². The van der Waals surface area contributed by atoms with Crippen LogP contribution in [0.1, 0.15) is 18.5 Å². The van der Waals surface area contributed by atoms with Crippen LogP contribution in [0.3, 0.4) is 0 Å². The summed E-state index contributed by atoms with van der Waals surface area (Å²) in [5.74, 6) is -0.294. The van der Waals surface area contributed by atoms with E-state index in [1.807, 2.05) is 13.0 Å². The summed E-state index contributed by atoms with van der Waals surface area (Å²) in [6, 6.07) is 11.9. The number of nitrogens with one attached hydrogen (secondary N) is 1. The van der Waals surface area contributed by atoms with Gasteiger partial charge < -0.3 is 5.32 Å². The summed E-state index contributed by atoms with van der Waals surface area (Å²) in [7, 11) is 0. The van der Waals surface area contributed by atoms with Crippen LogP contribution >= 0.6 is 23.2 Å². The van der Waals surface area contributed by atoms with E-state index in [-0.39, 0.29) is 24.1 Å². The van der Waals surface area contributed by atoms with Gasteiger partial charge in [0.05, 0.1) is 33.3 Å². The van der Waals surface area contributed by atoms with Crippen molar-refractivity contribution in [2.75, 3.05) is 0 Å². The van der Waals surface area contributed by atoms with E-state index in [0.29, 0.717) is 20.9 Å². The molecule has 2 aromatic carbocycles. The monoisotopic (exact) mass is 375 g/mol. The maximum atomic E-state index is 12.4. The second kappa shape index (κ2) is 7.25. The number of carbonyl (C=O) groups is 1. The maximum Gasteiger partial charge on any atom is 0.261 e. The second-order valence-electron chi connectivity index (χ2n) is 5.66. The molecule has 5 nitrogen and oxygen atoms in total. The number of carbonyl (C=O) groups excluding carboxylic acids is 1. The van der Waals surface area contributed by atoms with Crippen molar-refractivity contribution in [3.8, 4) is 0 Å². The smallest absolute Gasteiger partial charge is 0.261 e. The lowest BCUT2D eigenvalue weighted by Crippen LogP contribution is -2.34. The molecule has 25 heavy (non-hydrogen) atoms. The van der Waals surface area contributed by atoms with Crippen LogP contribution in [0.15, 0.2) is 53.6 Å². The lowest BCUT2D eigenvalue weighted by Gasteiger charge is -2.15. The predicted octanol–water partition coefficient (Wildman–Crippen LogP) is 3.58. The fraction of sp³-hybridized carbons (Fsp3) is 0.167. The Balaban J connectivity index is 1.75. The number of hydrogen-bond donors (Lipinski definition) is 1. The molecule has 1 heterocycles. The van der Waals surface area contributed by atoms with E-state index in [1.165, 1.54) is 10.9 Å². The van der Waals surface area contributed by atoms with Gasteiger partial charge in [0, 0.05) is 0 Å². The molecule has 1 aromatic heterocycles. The highest BCUT2D eigenvalue weighted by Gasteiger charge is 2.13. The summed E-state index contributed by atoms with van der Waals surface area (Å²) >= 11 is 11.9. The summed E-state index contributed by atoms with van der Waals surface area (Å²) < 4.78 is 1.29. The van der Waals surface area contributed by atoms with Crippen LogP contribution in [0.25, 0.3) is 10.9 Å². The van der Waals surface area contributed by atoms with Crippen molar-refractivity contribution < 1.29 is 4.79 Å². The molecule has 3 rings (SSSR count). The molecule has 0 saturated carbocycles. The molecule has 0 unspecified atom stereocenters. The Bertz CT molecular complexity index is 1000. The molecular weight excluding hydrogens is 361 g/mol. The van der Waals surface area contributed by atoms with E-state index in [2.05, 4.69) is 10.3 Å². The summed E-state index contributed by atoms with van der Waals surface area (Å²) in [5.41, 5.74) is 1.18. The second-order valence-corrected chi connectivity index (χ2v) is 6.47. The van der Waals surface area contributed by atoms with E-state index in [9.17, 15) is 9.59 Å². The minimum atomic E-state index is -0.294. The van der Waals surface area contributed by atoms with Crippen LogP contribution in [-0.4, -0.2) is 15.5 Å². The first-order valence-electron chi connectivity index (χ1n) is 7.64. The van der Waals surface area contributed by atoms with Crippen LogP contribution in [0.2, 0.25) is 10.0 Å². The van der Waals surface area contributed by atoms with Gasteiger partial charge in [-0.05, 0) is 36.8 Å². The highest BCUT2D eigenvalue weighted by Crippen LogP contribution is 2.25. The van der Waals surface area contributed by atoms with Crippen molar-refractivity contribution in [3.63, 3.8) is 0 Å². The fourth-order valence-corrected chi connectivity index (χ4v) is 2.83. The summed E-state index contributed by atoms with van der Waals surface area (Å²) in [4.78, 5) is 28.9. The number of amides is 1. The fourth-order valence-electron chi connectivity index (χ4n) is 2.53. The Morgan fingerprint density at radius 1 is 1.20 bits per heavy atom. The molecule has 0 bridgehead atoms. The van der Waals surface area contributed by atoms with Gasteiger partial charge in [-0.25, -0.2) is 4.98 Å². The third kappa shape index (κ3) is 3.83. The number of fused-ring (bicyclic) bond motifs is 1. The van der Waals surface area contributed by atoms with Gasteiger partial charge in [-0.15, -0.1) is 0 Å². The van der Waals surface area contributed by atoms with E-state index in [1.54, 1.807) is 36.4 Å². The largest absolute Gasteiger partial charge is 0.348 e. The van der Waals surface area contributed by atoms with Crippen LogP contribution in [0.4, 0.5) is 0 Å². The third-order valence-electron chi connectivity index (χ3n) is 3.87. The number of aromatic nitrogens is 2. The molecule has 0 fully saturated rings. The molecular formula is C18H15Cl2N3O2. The third-order valence-corrected chi connectivity index (χ3v) is 4.61.